The van der Waals surface area contributed by atoms with Gasteiger partial charge in [0.1, 0.15) is 5.82 Å². The van der Waals surface area contributed by atoms with Gasteiger partial charge in [0.2, 0.25) is 0 Å². The maximum atomic E-state index is 14.3. The van der Waals surface area contributed by atoms with Crippen molar-refractivity contribution in [1.29, 1.82) is 0 Å². The molecule has 0 spiro atoms. The van der Waals surface area contributed by atoms with Crippen LogP contribution in [0, 0.1) is 12.7 Å². The minimum atomic E-state index is -0.495. The summed E-state index contributed by atoms with van der Waals surface area (Å²) >= 11 is 0. The number of halogens is 1. The standard InChI is InChI=1S/C19H20FN3O2/c1-5-25-19(24)15-10-16(11(2)3)23-18(21-15)17(12(4)22-23)13-8-6-7-9-14(13)20/h6-11H,5H2,1-4H3. The smallest absolute Gasteiger partial charge is 0.357 e. The van der Waals surface area contributed by atoms with Gasteiger partial charge in [0.15, 0.2) is 11.3 Å². The van der Waals surface area contributed by atoms with Crippen molar-refractivity contribution in [3.05, 3.63) is 53.2 Å². The number of benzene rings is 1. The SMILES string of the molecule is CCOC(=O)c1cc(C(C)C)n2nc(C)c(-c3ccccc3F)c2n1. The molecular formula is C19H20FN3O2. The summed E-state index contributed by atoms with van der Waals surface area (Å²) in [5, 5.41) is 4.53. The van der Waals surface area contributed by atoms with Gasteiger partial charge in [-0.05, 0) is 31.9 Å². The number of aryl methyl sites for hydroxylation is 1. The molecule has 6 heteroatoms. The minimum Gasteiger partial charge on any atom is -0.461 e. The highest BCUT2D eigenvalue weighted by molar-refractivity contribution is 5.89. The van der Waals surface area contributed by atoms with E-state index in [1.54, 1.807) is 35.7 Å². The Labute approximate surface area is 145 Å². The van der Waals surface area contributed by atoms with Gasteiger partial charge in [-0.1, -0.05) is 32.0 Å². The van der Waals surface area contributed by atoms with Crippen LogP contribution in [0.4, 0.5) is 4.39 Å². The molecule has 130 valence electrons. The zero-order valence-corrected chi connectivity index (χ0v) is 14.7. The normalized spacial score (nSPS) is 11.3. The van der Waals surface area contributed by atoms with Gasteiger partial charge in [-0.25, -0.2) is 18.7 Å². The van der Waals surface area contributed by atoms with Gasteiger partial charge in [-0.15, -0.1) is 0 Å². The van der Waals surface area contributed by atoms with E-state index in [1.165, 1.54) is 6.07 Å². The fourth-order valence-corrected chi connectivity index (χ4v) is 2.85. The van der Waals surface area contributed by atoms with Crippen molar-refractivity contribution in [2.24, 2.45) is 0 Å². The summed E-state index contributed by atoms with van der Waals surface area (Å²) in [6, 6.07) is 8.17. The van der Waals surface area contributed by atoms with E-state index in [2.05, 4.69) is 10.1 Å². The summed E-state index contributed by atoms with van der Waals surface area (Å²) in [4.78, 5) is 16.6. The molecule has 0 fully saturated rings. The highest BCUT2D eigenvalue weighted by atomic mass is 19.1. The molecular weight excluding hydrogens is 321 g/mol. The van der Waals surface area contributed by atoms with Gasteiger partial charge in [-0.2, -0.15) is 5.10 Å². The third kappa shape index (κ3) is 2.99. The number of carbonyl (C=O) groups is 1. The maximum Gasteiger partial charge on any atom is 0.357 e. The zero-order chi connectivity index (χ0) is 18.1. The second-order valence-electron chi connectivity index (χ2n) is 6.12. The third-order valence-corrected chi connectivity index (χ3v) is 4.01. The second-order valence-corrected chi connectivity index (χ2v) is 6.12. The molecule has 3 rings (SSSR count). The van der Waals surface area contributed by atoms with Crippen LogP contribution >= 0.6 is 0 Å². The molecule has 5 nitrogen and oxygen atoms in total. The molecule has 0 saturated heterocycles. The number of esters is 1. The van der Waals surface area contributed by atoms with Crippen LogP contribution in [-0.2, 0) is 4.74 Å². The van der Waals surface area contributed by atoms with Gasteiger partial charge in [0.05, 0.1) is 17.9 Å². The van der Waals surface area contributed by atoms with Crippen molar-refractivity contribution in [3.63, 3.8) is 0 Å². The number of carbonyl (C=O) groups excluding carboxylic acids is 1. The Kier molecular flexibility index (Phi) is 4.53. The molecule has 2 heterocycles. The van der Waals surface area contributed by atoms with Crippen molar-refractivity contribution in [3.8, 4) is 11.1 Å². The molecule has 0 atom stereocenters. The lowest BCUT2D eigenvalue weighted by Gasteiger charge is -2.11. The number of fused-ring (bicyclic) bond motifs is 1. The number of nitrogens with zero attached hydrogens (tertiary/aromatic N) is 3. The zero-order valence-electron chi connectivity index (χ0n) is 14.7. The highest BCUT2D eigenvalue weighted by Crippen LogP contribution is 2.31. The summed E-state index contributed by atoms with van der Waals surface area (Å²) in [7, 11) is 0. The first kappa shape index (κ1) is 17.1. The van der Waals surface area contributed by atoms with Crippen molar-refractivity contribution in [1.82, 2.24) is 14.6 Å². The van der Waals surface area contributed by atoms with Crippen molar-refractivity contribution in [2.75, 3.05) is 6.61 Å². The number of rotatable bonds is 4. The number of hydrogen-bond donors (Lipinski definition) is 0. The largest absolute Gasteiger partial charge is 0.461 e. The molecule has 2 aromatic heterocycles. The van der Waals surface area contributed by atoms with Crippen LogP contribution in [0.5, 0.6) is 0 Å². The molecule has 0 aliphatic heterocycles. The summed E-state index contributed by atoms with van der Waals surface area (Å²) in [5.74, 6) is -0.744. The average Bonchev–Trinajstić information content (AvgIpc) is 2.90. The van der Waals surface area contributed by atoms with Gasteiger partial charge in [0, 0.05) is 11.3 Å². The average molecular weight is 341 g/mol. The van der Waals surface area contributed by atoms with Crippen LogP contribution in [0.1, 0.15) is 48.6 Å². The first-order valence-electron chi connectivity index (χ1n) is 8.26. The van der Waals surface area contributed by atoms with E-state index in [1.807, 2.05) is 20.8 Å². The predicted octanol–water partition coefficient (Wildman–Crippen LogP) is 4.14. The molecule has 0 unspecified atom stereocenters. The van der Waals surface area contributed by atoms with Crippen LogP contribution in [0.15, 0.2) is 30.3 Å². The number of aromatic nitrogens is 3. The number of ether oxygens (including phenoxy) is 1. The Balaban J connectivity index is 2.34. The lowest BCUT2D eigenvalue weighted by Crippen LogP contribution is -2.12. The predicted molar refractivity (Wildman–Crippen MR) is 93.2 cm³/mol. The molecule has 0 N–H and O–H groups in total. The molecule has 0 saturated carbocycles. The molecule has 0 bridgehead atoms. The molecule has 0 aliphatic rings. The number of hydrogen-bond acceptors (Lipinski definition) is 4. The summed E-state index contributed by atoms with van der Waals surface area (Å²) in [6.07, 6.45) is 0. The van der Waals surface area contributed by atoms with Crippen LogP contribution in [0.25, 0.3) is 16.8 Å². The van der Waals surface area contributed by atoms with Crippen LogP contribution in [0.2, 0.25) is 0 Å². The molecule has 0 radical (unpaired) electrons. The van der Waals surface area contributed by atoms with Gasteiger partial charge in [0.25, 0.3) is 0 Å². The van der Waals surface area contributed by atoms with Crippen molar-refractivity contribution >= 4 is 11.6 Å². The third-order valence-electron chi connectivity index (χ3n) is 4.01. The first-order valence-corrected chi connectivity index (χ1v) is 8.26. The topological polar surface area (TPSA) is 56.5 Å². The molecule has 1 aromatic carbocycles. The molecule has 25 heavy (non-hydrogen) atoms. The van der Waals surface area contributed by atoms with Crippen molar-refractivity contribution < 1.29 is 13.9 Å². The van der Waals surface area contributed by atoms with E-state index in [-0.39, 0.29) is 24.0 Å². The Morgan fingerprint density at radius 1 is 1.32 bits per heavy atom. The van der Waals surface area contributed by atoms with Crippen molar-refractivity contribution in [2.45, 2.75) is 33.6 Å². The Hall–Kier alpha value is -2.76. The van der Waals surface area contributed by atoms with Crippen LogP contribution < -0.4 is 0 Å². The van der Waals surface area contributed by atoms with Crippen LogP contribution in [0.3, 0.4) is 0 Å². The maximum absolute atomic E-state index is 14.3. The molecule has 0 aliphatic carbocycles. The quantitative estimate of drug-likeness (QED) is 0.669. The van der Waals surface area contributed by atoms with E-state index in [0.29, 0.717) is 22.5 Å². The van der Waals surface area contributed by atoms with E-state index in [0.717, 1.165) is 5.69 Å². The van der Waals surface area contributed by atoms with Gasteiger partial charge < -0.3 is 4.74 Å². The first-order chi connectivity index (χ1) is 11.9. The lowest BCUT2D eigenvalue weighted by molar-refractivity contribution is 0.0519. The van der Waals surface area contributed by atoms with Crippen LogP contribution in [-0.4, -0.2) is 27.2 Å². The van der Waals surface area contributed by atoms with E-state index in [4.69, 9.17) is 4.74 Å². The molecule has 0 amide bonds. The van der Waals surface area contributed by atoms with E-state index < -0.39 is 5.97 Å². The monoisotopic (exact) mass is 341 g/mol. The molecule has 3 aromatic rings. The van der Waals surface area contributed by atoms with E-state index >= 15 is 0 Å². The minimum absolute atomic E-state index is 0.103. The van der Waals surface area contributed by atoms with Gasteiger partial charge in [-0.3, -0.25) is 0 Å². The summed E-state index contributed by atoms with van der Waals surface area (Å²) in [6.45, 7) is 7.83. The Bertz CT molecular complexity index is 947. The fourth-order valence-electron chi connectivity index (χ4n) is 2.85. The summed E-state index contributed by atoms with van der Waals surface area (Å²) in [5.41, 5.74) is 3.14. The van der Waals surface area contributed by atoms with E-state index in [9.17, 15) is 9.18 Å². The van der Waals surface area contributed by atoms with Gasteiger partial charge >= 0.3 is 5.97 Å². The Morgan fingerprint density at radius 3 is 2.68 bits per heavy atom. The second kappa shape index (κ2) is 6.63. The fraction of sp³-hybridized carbons (Fsp3) is 0.316. The highest BCUT2D eigenvalue weighted by Gasteiger charge is 2.22. The lowest BCUT2D eigenvalue weighted by atomic mass is 10.0. The summed E-state index contributed by atoms with van der Waals surface area (Å²) < 4.78 is 21.1. The Morgan fingerprint density at radius 2 is 2.04 bits per heavy atom.